The maximum absolute atomic E-state index is 12.5. The summed E-state index contributed by atoms with van der Waals surface area (Å²) >= 11 is 0. The van der Waals surface area contributed by atoms with Crippen LogP contribution in [-0.4, -0.2) is 34.0 Å². The minimum Gasteiger partial charge on any atom is -0.381 e. The van der Waals surface area contributed by atoms with Crippen molar-refractivity contribution in [1.29, 1.82) is 0 Å². The topological polar surface area (TPSA) is 81.7 Å². The highest BCUT2D eigenvalue weighted by Crippen LogP contribution is 2.24. The number of halogens is 2. The molecule has 3 aromatic rings. The standard InChI is InChI=1S/C20H22N4O2.2ClH/c1-14-3-2-10-24-13-17(23-18(14)24)15-4-6-16(7-5-15)22-19(25)20(21)8-11-26-12-9-20;;/h2-7,10,13H,8-9,11-12,21H2,1H3,(H,22,25);2*1H. The average molecular weight is 423 g/mol. The van der Waals surface area contributed by atoms with Gasteiger partial charge in [-0.25, -0.2) is 4.98 Å². The van der Waals surface area contributed by atoms with Crippen LogP contribution in [0, 0.1) is 6.92 Å². The molecule has 0 aliphatic carbocycles. The lowest BCUT2D eigenvalue weighted by atomic mass is 9.90. The second-order valence-corrected chi connectivity index (χ2v) is 6.85. The number of benzene rings is 1. The fourth-order valence-corrected chi connectivity index (χ4v) is 3.24. The van der Waals surface area contributed by atoms with Gasteiger partial charge in [-0.15, -0.1) is 24.8 Å². The molecular weight excluding hydrogens is 399 g/mol. The van der Waals surface area contributed by atoms with E-state index in [-0.39, 0.29) is 30.7 Å². The van der Waals surface area contributed by atoms with Crippen LogP contribution in [0.1, 0.15) is 18.4 Å². The molecule has 6 nitrogen and oxygen atoms in total. The van der Waals surface area contributed by atoms with Crippen LogP contribution in [-0.2, 0) is 9.53 Å². The maximum Gasteiger partial charge on any atom is 0.244 e. The van der Waals surface area contributed by atoms with E-state index in [1.165, 1.54) is 0 Å². The van der Waals surface area contributed by atoms with Crippen molar-refractivity contribution in [2.24, 2.45) is 5.73 Å². The van der Waals surface area contributed by atoms with Gasteiger partial charge in [0, 0.05) is 36.9 Å². The molecule has 1 saturated heterocycles. The Morgan fingerprint density at radius 1 is 1.18 bits per heavy atom. The summed E-state index contributed by atoms with van der Waals surface area (Å²) in [6.45, 7) is 3.09. The summed E-state index contributed by atoms with van der Waals surface area (Å²) < 4.78 is 7.31. The normalized spacial score (nSPS) is 15.4. The van der Waals surface area contributed by atoms with Gasteiger partial charge in [0.15, 0.2) is 0 Å². The first-order valence-electron chi connectivity index (χ1n) is 8.78. The van der Waals surface area contributed by atoms with Gasteiger partial charge in [-0.1, -0.05) is 18.2 Å². The predicted molar refractivity (Wildman–Crippen MR) is 115 cm³/mol. The maximum atomic E-state index is 12.5. The van der Waals surface area contributed by atoms with Crippen LogP contribution in [0.25, 0.3) is 16.9 Å². The number of amides is 1. The third-order valence-corrected chi connectivity index (χ3v) is 4.95. The molecule has 1 amide bonds. The summed E-state index contributed by atoms with van der Waals surface area (Å²) in [4.78, 5) is 17.2. The number of aryl methyl sites for hydroxylation is 1. The molecule has 4 rings (SSSR count). The van der Waals surface area contributed by atoms with Gasteiger partial charge in [0.2, 0.25) is 5.91 Å². The van der Waals surface area contributed by atoms with E-state index in [1.54, 1.807) is 0 Å². The van der Waals surface area contributed by atoms with Crippen LogP contribution in [0.5, 0.6) is 0 Å². The van der Waals surface area contributed by atoms with Crippen molar-refractivity contribution in [3.8, 4) is 11.3 Å². The van der Waals surface area contributed by atoms with Crippen molar-refractivity contribution in [2.75, 3.05) is 18.5 Å². The highest BCUT2D eigenvalue weighted by molar-refractivity contribution is 5.98. The number of hydrogen-bond donors (Lipinski definition) is 2. The molecule has 1 aliphatic rings. The summed E-state index contributed by atoms with van der Waals surface area (Å²) in [6, 6.07) is 11.7. The zero-order valence-electron chi connectivity index (χ0n) is 15.6. The Kier molecular flexibility index (Phi) is 7.06. The fraction of sp³-hybridized carbons (Fsp3) is 0.300. The number of ether oxygens (including phenoxy) is 1. The molecule has 0 atom stereocenters. The Labute approximate surface area is 176 Å². The minimum atomic E-state index is -0.851. The number of aromatic nitrogens is 2. The molecule has 1 aliphatic heterocycles. The molecule has 2 aromatic heterocycles. The number of carbonyl (C=O) groups is 1. The van der Waals surface area contributed by atoms with Gasteiger partial charge in [0.1, 0.15) is 11.2 Å². The molecule has 1 aromatic carbocycles. The van der Waals surface area contributed by atoms with Crippen LogP contribution in [0.2, 0.25) is 0 Å². The van der Waals surface area contributed by atoms with Gasteiger partial charge in [-0.3, -0.25) is 4.79 Å². The van der Waals surface area contributed by atoms with E-state index in [2.05, 4.69) is 5.32 Å². The highest BCUT2D eigenvalue weighted by atomic mass is 35.5. The molecule has 3 N–H and O–H groups in total. The van der Waals surface area contributed by atoms with Crippen molar-refractivity contribution in [2.45, 2.75) is 25.3 Å². The SMILES string of the molecule is Cc1cccn2cc(-c3ccc(NC(=O)C4(N)CCOCC4)cc3)nc12.Cl.Cl. The highest BCUT2D eigenvalue weighted by Gasteiger charge is 2.35. The van der Waals surface area contributed by atoms with Crippen LogP contribution in [0.3, 0.4) is 0 Å². The van der Waals surface area contributed by atoms with Crippen LogP contribution >= 0.6 is 24.8 Å². The van der Waals surface area contributed by atoms with Crippen molar-refractivity contribution < 1.29 is 9.53 Å². The quantitative estimate of drug-likeness (QED) is 0.675. The number of hydrogen-bond acceptors (Lipinski definition) is 4. The van der Waals surface area contributed by atoms with E-state index in [4.69, 9.17) is 15.5 Å². The zero-order valence-corrected chi connectivity index (χ0v) is 17.2. The van der Waals surface area contributed by atoms with Crippen molar-refractivity contribution in [3.63, 3.8) is 0 Å². The van der Waals surface area contributed by atoms with E-state index in [1.807, 2.05) is 60.1 Å². The summed E-state index contributed by atoms with van der Waals surface area (Å²) in [5.74, 6) is -0.156. The van der Waals surface area contributed by atoms with E-state index in [0.717, 1.165) is 28.2 Å². The predicted octanol–water partition coefficient (Wildman–Crippen LogP) is 3.60. The summed E-state index contributed by atoms with van der Waals surface area (Å²) in [5, 5.41) is 2.92. The van der Waals surface area contributed by atoms with E-state index in [9.17, 15) is 4.79 Å². The Balaban J connectivity index is 0.00000140. The Bertz CT molecular complexity index is 950. The largest absolute Gasteiger partial charge is 0.381 e. The number of nitrogens with zero attached hydrogens (tertiary/aromatic N) is 2. The van der Waals surface area contributed by atoms with Gasteiger partial charge >= 0.3 is 0 Å². The molecule has 0 unspecified atom stereocenters. The lowest BCUT2D eigenvalue weighted by molar-refractivity contribution is -0.124. The Hall–Kier alpha value is -2.12. The summed E-state index contributed by atoms with van der Waals surface area (Å²) in [7, 11) is 0. The van der Waals surface area contributed by atoms with Crippen LogP contribution in [0.4, 0.5) is 5.69 Å². The third kappa shape index (κ3) is 4.31. The molecule has 3 heterocycles. The zero-order chi connectivity index (χ0) is 18.1. The van der Waals surface area contributed by atoms with E-state index < -0.39 is 5.54 Å². The molecule has 28 heavy (non-hydrogen) atoms. The molecule has 150 valence electrons. The van der Waals surface area contributed by atoms with Gasteiger partial charge in [-0.2, -0.15) is 0 Å². The fourth-order valence-electron chi connectivity index (χ4n) is 3.24. The third-order valence-electron chi connectivity index (χ3n) is 4.95. The molecule has 0 radical (unpaired) electrons. The number of fused-ring (bicyclic) bond motifs is 1. The van der Waals surface area contributed by atoms with Gasteiger partial charge < -0.3 is 20.2 Å². The number of anilines is 1. The number of pyridine rings is 1. The number of nitrogens with two attached hydrogens (primary N) is 1. The van der Waals surface area contributed by atoms with E-state index >= 15 is 0 Å². The summed E-state index contributed by atoms with van der Waals surface area (Å²) in [5.41, 5.74) is 10.1. The minimum absolute atomic E-state index is 0. The first kappa shape index (κ1) is 22.2. The van der Waals surface area contributed by atoms with Crippen molar-refractivity contribution >= 4 is 42.1 Å². The van der Waals surface area contributed by atoms with Crippen LogP contribution in [0.15, 0.2) is 48.8 Å². The number of rotatable bonds is 3. The second-order valence-electron chi connectivity index (χ2n) is 6.85. The smallest absolute Gasteiger partial charge is 0.244 e. The Morgan fingerprint density at radius 3 is 2.50 bits per heavy atom. The second kappa shape index (κ2) is 8.92. The molecule has 0 bridgehead atoms. The first-order chi connectivity index (χ1) is 12.5. The van der Waals surface area contributed by atoms with E-state index in [0.29, 0.717) is 26.1 Å². The average Bonchev–Trinajstić information content (AvgIpc) is 3.09. The number of carbonyl (C=O) groups excluding carboxylic acids is 1. The van der Waals surface area contributed by atoms with Crippen molar-refractivity contribution in [3.05, 3.63) is 54.4 Å². The molecular formula is C20H24Cl2N4O2. The lowest BCUT2D eigenvalue weighted by Crippen LogP contribution is -2.54. The summed E-state index contributed by atoms with van der Waals surface area (Å²) in [6.07, 6.45) is 5.07. The number of nitrogens with one attached hydrogen (secondary N) is 1. The van der Waals surface area contributed by atoms with Gasteiger partial charge in [0.05, 0.1) is 5.69 Å². The Morgan fingerprint density at radius 2 is 1.86 bits per heavy atom. The van der Waals surface area contributed by atoms with Crippen LogP contribution < -0.4 is 11.1 Å². The molecule has 0 spiro atoms. The first-order valence-corrected chi connectivity index (χ1v) is 8.78. The lowest BCUT2D eigenvalue weighted by Gasteiger charge is -2.31. The van der Waals surface area contributed by atoms with Gasteiger partial charge in [-0.05, 0) is 43.5 Å². The monoisotopic (exact) mass is 422 g/mol. The van der Waals surface area contributed by atoms with Crippen molar-refractivity contribution in [1.82, 2.24) is 9.38 Å². The number of imidazole rings is 1. The van der Waals surface area contributed by atoms with Gasteiger partial charge in [0.25, 0.3) is 0 Å². The molecule has 8 heteroatoms. The molecule has 0 saturated carbocycles. The molecule has 1 fully saturated rings.